The van der Waals surface area contributed by atoms with Crippen molar-refractivity contribution in [2.45, 2.75) is 13.8 Å². The van der Waals surface area contributed by atoms with Gasteiger partial charge in [-0.05, 0) is 37.1 Å². The summed E-state index contributed by atoms with van der Waals surface area (Å²) in [5.41, 5.74) is 3.70. The van der Waals surface area contributed by atoms with Crippen LogP contribution in [0.5, 0.6) is 11.5 Å². The van der Waals surface area contributed by atoms with E-state index in [9.17, 15) is 4.57 Å². The summed E-state index contributed by atoms with van der Waals surface area (Å²) in [5.74, 6) is 1.21. The molecule has 120 valence electrons. The molecule has 0 fully saturated rings. The van der Waals surface area contributed by atoms with Crippen LogP contribution >= 0.6 is 7.60 Å². The minimum Gasteiger partial charge on any atom is -0.412 e. The molecule has 1 heterocycles. The first-order chi connectivity index (χ1) is 11.6. The first-order valence-electron chi connectivity index (χ1n) is 7.83. The number of rotatable bonds is 2. The van der Waals surface area contributed by atoms with Crippen LogP contribution in [0, 0.1) is 13.8 Å². The van der Waals surface area contributed by atoms with Crippen molar-refractivity contribution in [3.8, 4) is 22.6 Å². The van der Waals surface area contributed by atoms with Crippen molar-refractivity contribution in [1.29, 1.82) is 0 Å². The fourth-order valence-electron chi connectivity index (χ4n) is 3.02. The Balaban J connectivity index is 1.89. The molecule has 4 heteroatoms. The van der Waals surface area contributed by atoms with Crippen molar-refractivity contribution in [2.75, 3.05) is 0 Å². The molecule has 0 aliphatic carbocycles. The molecule has 0 spiro atoms. The molecule has 0 N–H and O–H groups in total. The van der Waals surface area contributed by atoms with Gasteiger partial charge >= 0.3 is 7.60 Å². The Labute approximate surface area is 141 Å². The monoisotopic (exact) mass is 336 g/mol. The van der Waals surface area contributed by atoms with E-state index in [2.05, 4.69) is 0 Å². The SMILES string of the molecule is Cc1cccc(C)c1OP1(=O)Oc2ccccc2-c2ccccc21. The van der Waals surface area contributed by atoms with Gasteiger partial charge in [0.15, 0.2) is 0 Å². The van der Waals surface area contributed by atoms with Crippen LogP contribution in [0.25, 0.3) is 11.1 Å². The van der Waals surface area contributed by atoms with Gasteiger partial charge in [0, 0.05) is 11.1 Å². The second kappa shape index (κ2) is 5.54. The molecule has 0 saturated heterocycles. The maximum Gasteiger partial charge on any atom is 0.463 e. The Hall–Kier alpha value is -2.51. The smallest absolute Gasteiger partial charge is 0.412 e. The molecule has 3 aromatic rings. The first-order valence-corrected chi connectivity index (χ1v) is 9.37. The Kier molecular flexibility index (Phi) is 3.47. The summed E-state index contributed by atoms with van der Waals surface area (Å²) in [6, 6.07) is 21.0. The largest absolute Gasteiger partial charge is 0.463 e. The normalized spacial score (nSPS) is 18.2. The van der Waals surface area contributed by atoms with E-state index in [4.69, 9.17) is 9.05 Å². The molecule has 3 nitrogen and oxygen atoms in total. The van der Waals surface area contributed by atoms with Crippen LogP contribution in [0.2, 0.25) is 0 Å². The molecule has 1 aliphatic heterocycles. The van der Waals surface area contributed by atoms with Crippen molar-refractivity contribution in [2.24, 2.45) is 0 Å². The zero-order chi connectivity index (χ0) is 16.7. The van der Waals surface area contributed by atoms with Gasteiger partial charge in [-0.15, -0.1) is 0 Å². The minimum absolute atomic E-state index is 0.589. The molecule has 1 unspecified atom stereocenters. The maximum atomic E-state index is 13.6. The fourth-order valence-corrected chi connectivity index (χ4v) is 4.96. The van der Waals surface area contributed by atoms with E-state index in [1.54, 1.807) is 0 Å². The number of fused-ring (bicyclic) bond motifs is 3. The van der Waals surface area contributed by atoms with Gasteiger partial charge in [0.05, 0.1) is 5.30 Å². The van der Waals surface area contributed by atoms with Gasteiger partial charge < -0.3 is 9.05 Å². The van der Waals surface area contributed by atoms with E-state index in [1.807, 2.05) is 80.6 Å². The van der Waals surface area contributed by atoms with Crippen molar-refractivity contribution in [1.82, 2.24) is 0 Å². The van der Waals surface area contributed by atoms with Crippen LogP contribution in [0.4, 0.5) is 0 Å². The molecule has 1 atom stereocenters. The van der Waals surface area contributed by atoms with E-state index in [0.717, 1.165) is 22.3 Å². The fraction of sp³-hybridized carbons (Fsp3) is 0.100. The van der Waals surface area contributed by atoms with E-state index in [1.165, 1.54) is 0 Å². The molecule has 0 saturated carbocycles. The van der Waals surface area contributed by atoms with Crippen LogP contribution in [-0.2, 0) is 4.57 Å². The standard InChI is InChI=1S/C20H17O3P/c1-14-8-7-9-15(2)20(14)23-24(21)19-13-6-4-11-17(19)16-10-3-5-12-18(16)22-24/h3-13H,1-2H3. The second-order valence-electron chi connectivity index (χ2n) is 5.91. The molecule has 0 bridgehead atoms. The average Bonchev–Trinajstić information content (AvgIpc) is 2.59. The topological polar surface area (TPSA) is 35.5 Å². The summed E-state index contributed by atoms with van der Waals surface area (Å²) in [6.45, 7) is 3.89. The molecule has 0 radical (unpaired) electrons. The summed E-state index contributed by atoms with van der Waals surface area (Å²) in [7, 11) is -3.51. The number of hydrogen-bond acceptors (Lipinski definition) is 3. The van der Waals surface area contributed by atoms with Gasteiger partial charge in [0.25, 0.3) is 0 Å². The lowest BCUT2D eigenvalue weighted by atomic mass is 10.0. The Morgan fingerprint density at radius 3 is 2.17 bits per heavy atom. The van der Waals surface area contributed by atoms with E-state index in [-0.39, 0.29) is 0 Å². The molecule has 24 heavy (non-hydrogen) atoms. The van der Waals surface area contributed by atoms with E-state index < -0.39 is 7.60 Å². The van der Waals surface area contributed by atoms with Gasteiger partial charge in [-0.1, -0.05) is 54.6 Å². The zero-order valence-corrected chi connectivity index (χ0v) is 14.4. The van der Waals surface area contributed by atoms with Gasteiger partial charge in [-0.2, -0.15) is 0 Å². The van der Waals surface area contributed by atoms with Gasteiger partial charge in [0.2, 0.25) is 0 Å². The first kappa shape index (κ1) is 15.0. The van der Waals surface area contributed by atoms with Crippen molar-refractivity contribution >= 4 is 12.9 Å². The lowest BCUT2D eigenvalue weighted by Crippen LogP contribution is -2.21. The Morgan fingerprint density at radius 1 is 0.792 bits per heavy atom. The Morgan fingerprint density at radius 2 is 1.42 bits per heavy atom. The summed E-state index contributed by atoms with van der Waals surface area (Å²) in [4.78, 5) is 0. The summed E-state index contributed by atoms with van der Waals surface area (Å²) in [5, 5.41) is 0.603. The Bertz CT molecular complexity index is 958. The number of hydrogen-bond donors (Lipinski definition) is 0. The highest BCUT2D eigenvalue weighted by Gasteiger charge is 2.39. The third-order valence-corrected chi connectivity index (χ3v) is 6.06. The van der Waals surface area contributed by atoms with Crippen LogP contribution in [0.1, 0.15) is 11.1 Å². The highest BCUT2D eigenvalue weighted by Crippen LogP contribution is 2.55. The van der Waals surface area contributed by atoms with Gasteiger partial charge in [-0.3, -0.25) is 0 Å². The molecular formula is C20H17O3P. The summed E-state index contributed by atoms with van der Waals surface area (Å²) < 4.78 is 25.6. The molecule has 1 aliphatic rings. The maximum absolute atomic E-state index is 13.6. The van der Waals surface area contributed by atoms with E-state index >= 15 is 0 Å². The molecule has 3 aromatic carbocycles. The molecule has 4 rings (SSSR count). The lowest BCUT2D eigenvalue weighted by Gasteiger charge is -2.28. The van der Waals surface area contributed by atoms with Crippen LogP contribution < -0.4 is 14.4 Å². The molecule has 0 aromatic heterocycles. The van der Waals surface area contributed by atoms with Crippen molar-refractivity contribution in [3.63, 3.8) is 0 Å². The quantitative estimate of drug-likeness (QED) is 0.599. The predicted molar refractivity (Wildman–Crippen MR) is 96.3 cm³/mol. The lowest BCUT2D eigenvalue weighted by molar-refractivity contribution is 0.396. The van der Waals surface area contributed by atoms with Crippen LogP contribution in [0.3, 0.4) is 0 Å². The third kappa shape index (κ3) is 2.33. The van der Waals surface area contributed by atoms with Gasteiger partial charge in [-0.25, -0.2) is 4.57 Å². The van der Waals surface area contributed by atoms with E-state index in [0.29, 0.717) is 16.8 Å². The van der Waals surface area contributed by atoms with Crippen LogP contribution in [-0.4, -0.2) is 0 Å². The number of aryl methyl sites for hydroxylation is 2. The number of para-hydroxylation sites is 2. The van der Waals surface area contributed by atoms with Crippen molar-refractivity contribution in [3.05, 3.63) is 77.9 Å². The highest BCUT2D eigenvalue weighted by atomic mass is 31.2. The highest BCUT2D eigenvalue weighted by molar-refractivity contribution is 7.63. The zero-order valence-electron chi connectivity index (χ0n) is 13.5. The average molecular weight is 336 g/mol. The summed E-state index contributed by atoms with van der Waals surface area (Å²) in [6.07, 6.45) is 0. The minimum atomic E-state index is -3.51. The molecular weight excluding hydrogens is 319 g/mol. The summed E-state index contributed by atoms with van der Waals surface area (Å²) >= 11 is 0. The third-order valence-electron chi connectivity index (χ3n) is 4.22. The number of benzene rings is 3. The predicted octanol–water partition coefficient (Wildman–Crippen LogP) is 5.26. The van der Waals surface area contributed by atoms with Gasteiger partial charge in [0.1, 0.15) is 11.5 Å². The second-order valence-corrected chi connectivity index (χ2v) is 7.76. The van der Waals surface area contributed by atoms with Crippen LogP contribution in [0.15, 0.2) is 66.7 Å². The van der Waals surface area contributed by atoms with Crippen molar-refractivity contribution < 1.29 is 13.6 Å². The molecule has 0 amide bonds.